The Hall–Kier alpha value is -3.59. The number of nitrogens with one attached hydrogen (secondary N) is 1. The highest BCUT2D eigenvalue weighted by Gasteiger charge is 2.30. The van der Waals surface area contributed by atoms with E-state index in [-0.39, 0.29) is 12.3 Å². The van der Waals surface area contributed by atoms with E-state index in [0.29, 0.717) is 11.3 Å². The van der Waals surface area contributed by atoms with Crippen LogP contribution >= 0.6 is 11.3 Å². The lowest BCUT2D eigenvalue weighted by Crippen LogP contribution is -2.14. The maximum absolute atomic E-state index is 12.8. The van der Waals surface area contributed by atoms with Crippen molar-refractivity contribution >= 4 is 23.1 Å². The molecule has 0 aliphatic carbocycles. The van der Waals surface area contributed by atoms with Gasteiger partial charge in [-0.3, -0.25) is 5.32 Å². The summed E-state index contributed by atoms with van der Waals surface area (Å²) in [5.41, 5.74) is 1.34. The van der Waals surface area contributed by atoms with Crippen molar-refractivity contribution in [1.29, 1.82) is 0 Å². The first-order chi connectivity index (χ1) is 14.9. The van der Waals surface area contributed by atoms with E-state index in [1.165, 1.54) is 23.5 Å². The van der Waals surface area contributed by atoms with Crippen LogP contribution in [0.3, 0.4) is 0 Å². The highest BCUT2D eigenvalue weighted by molar-refractivity contribution is 7.13. The van der Waals surface area contributed by atoms with Crippen molar-refractivity contribution in [2.24, 2.45) is 0 Å². The number of ether oxygens (including phenoxy) is 1. The lowest BCUT2D eigenvalue weighted by molar-refractivity contribution is -0.137. The van der Waals surface area contributed by atoms with Gasteiger partial charge in [0.05, 0.1) is 16.1 Å². The Kier molecular flexibility index (Phi) is 5.77. The number of halogens is 3. The van der Waals surface area contributed by atoms with Crippen molar-refractivity contribution < 1.29 is 22.7 Å². The Morgan fingerprint density at radius 3 is 2.58 bits per heavy atom. The van der Waals surface area contributed by atoms with Gasteiger partial charge < -0.3 is 4.74 Å². The number of anilines is 1. The molecule has 4 rings (SSSR count). The van der Waals surface area contributed by atoms with E-state index in [1.54, 1.807) is 10.9 Å². The number of hydrogen-bond acceptors (Lipinski definition) is 4. The first-order valence-corrected chi connectivity index (χ1v) is 10.1. The summed E-state index contributed by atoms with van der Waals surface area (Å²) in [5.74, 6) is 0. The molecule has 0 aliphatic heterocycles. The maximum atomic E-state index is 12.8. The van der Waals surface area contributed by atoms with Gasteiger partial charge in [0.15, 0.2) is 0 Å². The fraction of sp³-hybridized carbons (Fsp3) is 0.0909. The highest BCUT2D eigenvalue weighted by atomic mass is 32.1. The lowest BCUT2D eigenvalue weighted by Gasteiger charge is -2.10. The Morgan fingerprint density at radius 1 is 1.06 bits per heavy atom. The van der Waals surface area contributed by atoms with E-state index in [2.05, 4.69) is 10.4 Å². The summed E-state index contributed by atoms with van der Waals surface area (Å²) >= 11 is 1.50. The minimum Gasteiger partial charge on any atom is -0.444 e. The summed E-state index contributed by atoms with van der Waals surface area (Å²) in [5, 5.41) is 8.86. The number of alkyl halides is 3. The van der Waals surface area contributed by atoms with Gasteiger partial charge in [-0.15, -0.1) is 11.3 Å². The number of para-hydroxylation sites is 1. The summed E-state index contributed by atoms with van der Waals surface area (Å²) in [6.07, 6.45) is -3.59. The van der Waals surface area contributed by atoms with Crippen molar-refractivity contribution in [3.63, 3.8) is 0 Å². The molecule has 0 atom stereocenters. The Morgan fingerprint density at radius 2 is 1.87 bits per heavy atom. The number of rotatable bonds is 5. The zero-order chi connectivity index (χ0) is 21.8. The maximum Gasteiger partial charge on any atom is 0.416 e. The van der Waals surface area contributed by atoms with Crippen molar-refractivity contribution in [1.82, 2.24) is 9.78 Å². The molecule has 0 bridgehead atoms. The van der Waals surface area contributed by atoms with Crippen LogP contribution in [-0.4, -0.2) is 15.9 Å². The van der Waals surface area contributed by atoms with E-state index in [9.17, 15) is 18.0 Å². The third-order valence-electron chi connectivity index (χ3n) is 4.36. The van der Waals surface area contributed by atoms with Crippen LogP contribution in [0, 0.1) is 0 Å². The quantitative estimate of drug-likeness (QED) is 0.390. The van der Waals surface area contributed by atoms with Crippen LogP contribution in [0.25, 0.3) is 16.3 Å². The number of nitrogens with zero attached hydrogens (tertiary/aromatic N) is 2. The minimum atomic E-state index is -4.50. The second-order valence-corrected chi connectivity index (χ2v) is 7.49. The minimum absolute atomic E-state index is 0.00159. The summed E-state index contributed by atoms with van der Waals surface area (Å²) in [7, 11) is 0. The van der Waals surface area contributed by atoms with Gasteiger partial charge >= 0.3 is 12.3 Å². The molecule has 2 aromatic heterocycles. The first kappa shape index (κ1) is 20.7. The van der Waals surface area contributed by atoms with Gasteiger partial charge in [0.2, 0.25) is 0 Å². The monoisotopic (exact) mass is 443 g/mol. The van der Waals surface area contributed by atoms with Crippen molar-refractivity contribution in [3.8, 4) is 16.3 Å². The summed E-state index contributed by atoms with van der Waals surface area (Å²) in [4.78, 5) is 13.1. The van der Waals surface area contributed by atoms with Gasteiger partial charge in [0.25, 0.3) is 0 Å². The Balaban J connectivity index is 1.50. The summed E-state index contributed by atoms with van der Waals surface area (Å²) in [6, 6.07) is 17.6. The number of carbonyl (C=O) groups excluding carboxylic acids is 1. The SMILES string of the molecule is O=C(Nc1cccc(C(F)(F)F)c1)OCc1cn(-c2ccccc2)nc1-c1cccs1. The van der Waals surface area contributed by atoms with Crippen LogP contribution in [0.1, 0.15) is 11.1 Å². The second kappa shape index (κ2) is 8.65. The molecule has 9 heteroatoms. The summed E-state index contributed by atoms with van der Waals surface area (Å²) in [6.45, 7) is -0.0924. The van der Waals surface area contributed by atoms with Crippen LogP contribution in [0.15, 0.2) is 78.3 Å². The third kappa shape index (κ3) is 4.95. The van der Waals surface area contributed by atoms with E-state index >= 15 is 0 Å². The number of carbonyl (C=O) groups is 1. The largest absolute Gasteiger partial charge is 0.444 e. The molecule has 0 fully saturated rings. The predicted octanol–water partition coefficient (Wildman–Crippen LogP) is 6.37. The van der Waals surface area contributed by atoms with Gasteiger partial charge in [-0.25, -0.2) is 9.48 Å². The van der Waals surface area contributed by atoms with Crippen LogP contribution in [0.5, 0.6) is 0 Å². The molecule has 0 unspecified atom stereocenters. The van der Waals surface area contributed by atoms with Gasteiger partial charge in [0.1, 0.15) is 12.3 Å². The fourth-order valence-corrected chi connectivity index (χ4v) is 3.66. The van der Waals surface area contributed by atoms with E-state index in [1.807, 2.05) is 47.8 Å². The lowest BCUT2D eigenvalue weighted by atomic mass is 10.2. The van der Waals surface area contributed by atoms with Gasteiger partial charge in [-0.05, 0) is 41.8 Å². The third-order valence-corrected chi connectivity index (χ3v) is 5.24. The van der Waals surface area contributed by atoms with Crippen LogP contribution in [0.2, 0.25) is 0 Å². The van der Waals surface area contributed by atoms with E-state index in [4.69, 9.17) is 4.74 Å². The molecule has 0 radical (unpaired) electrons. The average Bonchev–Trinajstić information content (AvgIpc) is 3.42. The Labute approximate surface area is 179 Å². The second-order valence-electron chi connectivity index (χ2n) is 6.54. The Bertz CT molecular complexity index is 1170. The molecule has 2 aromatic carbocycles. The molecule has 0 saturated carbocycles. The molecule has 5 nitrogen and oxygen atoms in total. The van der Waals surface area contributed by atoms with Gasteiger partial charge in [-0.1, -0.05) is 30.3 Å². The molecule has 1 amide bonds. The highest BCUT2D eigenvalue weighted by Crippen LogP contribution is 2.31. The fourth-order valence-electron chi connectivity index (χ4n) is 2.92. The molecule has 0 saturated heterocycles. The van der Waals surface area contributed by atoms with Crippen LogP contribution in [-0.2, 0) is 17.5 Å². The van der Waals surface area contributed by atoms with Crippen molar-refractivity contribution in [2.75, 3.05) is 5.32 Å². The van der Waals surface area contributed by atoms with E-state index < -0.39 is 17.8 Å². The van der Waals surface area contributed by atoms with Crippen molar-refractivity contribution in [3.05, 3.63) is 89.4 Å². The van der Waals surface area contributed by atoms with Crippen LogP contribution in [0.4, 0.5) is 23.7 Å². The molecule has 158 valence electrons. The number of benzene rings is 2. The number of amides is 1. The predicted molar refractivity (Wildman–Crippen MR) is 112 cm³/mol. The average molecular weight is 443 g/mol. The molecule has 1 N–H and O–H groups in total. The zero-order valence-corrected chi connectivity index (χ0v) is 16.8. The first-order valence-electron chi connectivity index (χ1n) is 9.19. The topological polar surface area (TPSA) is 56.1 Å². The molecule has 2 heterocycles. The number of hydrogen-bond donors (Lipinski definition) is 1. The molecule has 31 heavy (non-hydrogen) atoms. The van der Waals surface area contributed by atoms with E-state index in [0.717, 1.165) is 22.7 Å². The molecule has 0 aliphatic rings. The van der Waals surface area contributed by atoms with Gasteiger partial charge in [0, 0.05) is 17.4 Å². The smallest absolute Gasteiger partial charge is 0.416 e. The molecular weight excluding hydrogens is 427 g/mol. The summed E-state index contributed by atoms with van der Waals surface area (Å²) < 4.78 is 45.5. The van der Waals surface area contributed by atoms with Crippen LogP contribution < -0.4 is 5.32 Å². The van der Waals surface area contributed by atoms with Gasteiger partial charge in [-0.2, -0.15) is 18.3 Å². The standard InChI is InChI=1S/C22H16F3N3O2S/c23-22(24,25)16-6-4-7-17(12-16)26-21(29)30-14-15-13-28(18-8-2-1-3-9-18)27-20(15)19-10-5-11-31-19/h1-13H,14H2,(H,26,29). The van der Waals surface area contributed by atoms with Crippen molar-refractivity contribution in [2.45, 2.75) is 12.8 Å². The normalized spacial score (nSPS) is 11.3. The molecule has 0 spiro atoms. The number of thiophene rings is 1. The molecule has 4 aromatic rings. The zero-order valence-electron chi connectivity index (χ0n) is 16.0. The molecular formula is C22H16F3N3O2S. The number of aromatic nitrogens is 2.